The molecule has 2 rings (SSSR count). The normalized spacial score (nSPS) is 21.1. The van der Waals surface area contributed by atoms with Crippen molar-refractivity contribution in [2.45, 2.75) is 25.6 Å². The molecule has 1 aromatic carbocycles. The average Bonchev–Trinajstić information content (AvgIpc) is 2.80. The van der Waals surface area contributed by atoms with Crippen LogP contribution in [0.4, 0.5) is 4.79 Å². The zero-order valence-corrected chi connectivity index (χ0v) is 13.3. The third kappa shape index (κ3) is 4.27. The Kier molecular flexibility index (Phi) is 4.80. The Morgan fingerprint density at radius 2 is 2.05 bits per heavy atom. The summed E-state index contributed by atoms with van der Waals surface area (Å²) in [6, 6.07) is 5.47. The van der Waals surface area contributed by atoms with Crippen molar-refractivity contribution < 1.29 is 23.1 Å². The van der Waals surface area contributed by atoms with Crippen molar-refractivity contribution in [1.82, 2.24) is 10.2 Å². The van der Waals surface area contributed by atoms with Gasteiger partial charge in [-0.25, -0.2) is 13.2 Å². The van der Waals surface area contributed by atoms with E-state index in [0.717, 1.165) is 0 Å². The molecule has 0 saturated carbocycles. The highest BCUT2D eigenvalue weighted by molar-refractivity contribution is 7.91. The van der Waals surface area contributed by atoms with Crippen LogP contribution >= 0.6 is 0 Å². The number of nitrogens with one attached hydrogen (secondary N) is 1. The Bertz CT molecular complexity index is 629. The molecule has 0 spiro atoms. The second kappa shape index (κ2) is 6.43. The Morgan fingerprint density at radius 3 is 2.59 bits per heavy atom. The van der Waals surface area contributed by atoms with Gasteiger partial charge in [-0.2, -0.15) is 0 Å². The van der Waals surface area contributed by atoms with E-state index in [2.05, 4.69) is 5.32 Å². The molecule has 8 heteroatoms. The van der Waals surface area contributed by atoms with E-state index in [-0.39, 0.29) is 29.3 Å². The van der Waals surface area contributed by atoms with Gasteiger partial charge < -0.3 is 20.1 Å². The predicted octanol–water partition coefficient (Wildman–Crippen LogP) is 0.945. The standard InChI is InChI=1S/C14H20N2O5S/c1-10(21-13-5-3-12(17)4-6-13)15-14(18)16(2)11-7-8-22(19,20)9-11/h3-6,10-11,17H,7-9H2,1-2H3,(H,15,18). The van der Waals surface area contributed by atoms with Crippen molar-refractivity contribution >= 4 is 15.9 Å². The first-order valence-electron chi connectivity index (χ1n) is 6.96. The third-order valence-corrected chi connectivity index (χ3v) is 5.30. The van der Waals surface area contributed by atoms with Gasteiger partial charge in [0.2, 0.25) is 0 Å². The molecule has 1 aliphatic rings. The number of phenolic OH excluding ortho intramolecular Hbond substituents is 1. The largest absolute Gasteiger partial charge is 0.508 e. The van der Waals surface area contributed by atoms with Crippen LogP contribution in [0.3, 0.4) is 0 Å². The summed E-state index contributed by atoms with van der Waals surface area (Å²) in [5, 5.41) is 11.8. The molecule has 2 unspecified atom stereocenters. The summed E-state index contributed by atoms with van der Waals surface area (Å²) in [6.45, 7) is 1.67. The number of sulfone groups is 1. The summed E-state index contributed by atoms with van der Waals surface area (Å²) in [5.74, 6) is 0.766. The molecule has 0 aliphatic carbocycles. The van der Waals surface area contributed by atoms with Crippen LogP contribution in [0.15, 0.2) is 24.3 Å². The number of hydrogen-bond acceptors (Lipinski definition) is 5. The first kappa shape index (κ1) is 16.4. The molecule has 1 fully saturated rings. The van der Waals surface area contributed by atoms with Crippen molar-refractivity contribution in [3.05, 3.63) is 24.3 Å². The number of urea groups is 1. The molecule has 0 bridgehead atoms. The van der Waals surface area contributed by atoms with E-state index in [1.54, 1.807) is 26.1 Å². The highest BCUT2D eigenvalue weighted by Crippen LogP contribution is 2.18. The SMILES string of the molecule is CC(NC(=O)N(C)C1CCS(=O)(=O)C1)Oc1ccc(O)cc1. The summed E-state index contributed by atoms with van der Waals surface area (Å²) >= 11 is 0. The smallest absolute Gasteiger partial charge is 0.320 e. The van der Waals surface area contributed by atoms with Crippen LogP contribution in [0.25, 0.3) is 0 Å². The fourth-order valence-corrected chi connectivity index (χ4v) is 4.06. The highest BCUT2D eigenvalue weighted by atomic mass is 32.2. The van der Waals surface area contributed by atoms with Crippen molar-refractivity contribution in [3.63, 3.8) is 0 Å². The Balaban J connectivity index is 1.87. The first-order valence-corrected chi connectivity index (χ1v) is 8.78. The summed E-state index contributed by atoms with van der Waals surface area (Å²) in [5.41, 5.74) is 0. The molecule has 2 N–H and O–H groups in total. The fraction of sp³-hybridized carbons (Fsp3) is 0.500. The number of carbonyl (C=O) groups is 1. The number of carbonyl (C=O) groups excluding carboxylic acids is 1. The number of benzene rings is 1. The molecule has 0 aromatic heterocycles. The lowest BCUT2D eigenvalue weighted by Crippen LogP contribution is -2.48. The van der Waals surface area contributed by atoms with Crippen molar-refractivity contribution in [2.24, 2.45) is 0 Å². The number of aromatic hydroxyl groups is 1. The summed E-state index contributed by atoms with van der Waals surface area (Å²) in [7, 11) is -1.45. The predicted molar refractivity (Wildman–Crippen MR) is 81.6 cm³/mol. The summed E-state index contributed by atoms with van der Waals surface area (Å²) in [4.78, 5) is 13.5. The van der Waals surface area contributed by atoms with E-state index in [4.69, 9.17) is 4.74 Å². The zero-order chi connectivity index (χ0) is 16.3. The molecule has 2 atom stereocenters. The number of rotatable bonds is 4. The van der Waals surface area contributed by atoms with Gasteiger partial charge in [-0.1, -0.05) is 0 Å². The fourth-order valence-electron chi connectivity index (χ4n) is 2.28. The van der Waals surface area contributed by atoms with Crippen molar-refractivity contribution in [1.29, 1.82) is 0 Å². The van der Waals surface area contributed by atoms with Gasteiger partial charge in [-0.3, -0.25) is 0 Å². The van der Waals surface area contributed by atoms with E-state index in [1.807, 2.05) is 0 Å². The average molecular weight is 328 g/mol. The van der Waals surface area contributed by atoms with E-state index >= 15 is 0 Å². The molecule has 2 amide bonds. The molecule has 1 aromatic rings. The lowest BCUT2D eigenvalue weighted by Gasteiger charge is -2.26. The first-order chi connectivity index (χ1) is 10.3. The monoisotopic (exact) mass is 328 g/mol. The third-order valence-electron chi connectivity index (χ3n) is 3.55. The number of phenols is 1. The second-order valence-electron chi connectivity index (χ2n) is 5.37. The Hall–Kier alpha value is -1.96. The molecule has 7 nitrogen and oxygen atoms in total. The van der Waals surface area contributed by atoms with Crippen LogP contribution in [-0.2, 0) is 9.84 Å². The van der Waals surface area contributed by atoms with Gasteiger partial charge in [-0.05, 0) is 37.6 Å². The number of nitrogens with zero attached hydrogens (tertiary/aromatic N) is 1. The topological polar surface area (TPSA) is 95.9 Å². The summed E-state index contributed by atoms with van der Waals surface area (Å²) in [6.07, 6.45) is -0.128. The minimum Gasteiger partial charge on any atom is -0.508 e. The van der Waals surface area contributed by atoms with Crippen LogP contribution in [0, 0.1) is 0 Å². The van der Waals surface area contributed by atoms with Crippen LogP contribution in [0.5, 0.6) is 11.5 Å². The Morgan fingerprint density at radius 1 is 1.41 bits per heavy atom. The van der Waals surface area contributed by atoms with Gasteiger partial charge in [-0.15, -0.1) is 0 Å². The van der Waals surface area contributed by atoms with Gasteiger partial charge in [0.05, 0.1) is 11.5 Å². The highest BCUT2D eigenvalue weighted by Gasteiger charge is 2.33. The molecule has 122 valence electrons. The van der Waals surface area contributed by atoms with Gasteiger partial charge in [0.25, 0.3) is 0 Å². The van der Waals surface area contributed by atoms with Crippen LogP contribution in [0.2, 0.25) is 0 Å². The second-order valence-corrected chi connectivity index (χ2v) is 7.60. The summed E-state index contributed by atoms with van der Waals surface area (Å²) < 4.78 is 28.4. The number of amides is 2. The van der Waals surface area contributed by atoms with Gasteiger partial charge in [0, 0.05) is 13.1 Å². The molecule has 22 heavy (non-hydrogen) atoms. The van der Waals surface area contributed by atoms with E-state index in [0.29, 0.717) is 12.2 Å². The number of hydrogen-bond donors (Lipinski definition) is 2. The van der Waals surface area contributed by atoms with E-state index in [1.165, 1.54) is 17.0 Å². The molecule has 1 aliphatic heterocycles. The molecule has 1 heterocycles. The van der Waals surface area contributed by atoms with Crippen LogP contribution in [-0.4, -0.2) is 55.3 Å². The number of ether oxygens (including phenoxy) is 1. The lowest BCUT2D eigenvalue weighted by molar-refractivity contribution is 0.151. The van der Waals surface area contributed by atoms with Crippen LogP contribution < -0.4 is 10.1 Å². The maximum atomic E-state index is 12.1. The lowest BCUT2D eigenvalue weighted by atomic mass is 10.2. The minimum atomic E-state index is -3.03. The maximum absolute atomic E-state index is 12.1. The molecule has 0 radical (unpaired) electrons. The van der Waals surface area contributed by atoms with Gasteiger partial charge >= 0.3 is 6.03 Å². The molecule has 1 saturated heterocycles. The minimum absolute atomic E-state index is 0.00409. The van der Waals surface area contributed by atoms with Gasteiger partial charge in [0.1, 0.15) is 11.5 Å². The van der Waals surface area contributed by atoms with Gasteiger partial charge in [0.15, 0.2) is 16.1 Å². The van der Waals surface area contributed by atoms with E-state index < -0.39 is 16.1 Å². The zero-order valence-electron chi connectivity index (χ0n) is 12.5. The van der Waals surface area contributed by atoms with Crippen molar-refractivity contribution in [3.8, 4) is 11.5 Å². The molecular weight excluding hydrogens is 308 g/mol. The molecular formula is C14H20N2O5S. The Labute approximate surface area is 129 Å². The van der Waals surface area contributed by atoms with Crippen molar-refractivity contribution in [2.75, 3.05) is 18.6 Å². The maximum Gasteiger partial charge on any atom is 0.320 e. The quantitative estimate of drug-likeness (QED) is 0.802. The van der Waals surface area contributed by atoms with Crippen LogP contribution in [0.1, 0.15) is 13.3 Å². The van der Waals surface area contributed by atoms with E-state index in [9.17, 15) is 18.3 Å².